The highest BCUT2D eigenvalue weighted by Crippen LogP contribution is 2.45. The molecule has 0 bridgehead atoms. The molecule has 0 saturated heterocycles. The second-order valence-corrected chi connectivity index (χ2v) is 5.78. The van der Waals surface area contributed by atoms with E-state index in [1.807, 2.05) is 36.4 Å². The Morgan fingerprint density at radius 1 is 0.808 bits per heavy atom. The van der Waals surface area contributed by atoms with Gasteiger partial charge in [-0.25, -0.2) is 15.0 Å². The fourth-order valence-electron chi connectivity index (χ4n) is 3.26. The van der Waals surface area contributed by atoms with Gasteiger partial charge in [-0.15, -0.1) is 0 Å². The Morgan fingerprint density at radius 3 is 1.92 bits per heavy atom. The first-order chi connectivity index (χ1) is 12.5. The van der Waals surface area contributed by atoms with Crippen molar-refractivity contribution < 1.29 is 13.2 Å². The number of alkyl halides is 3. The van der Waals surface area contributed by atoms with Crippen molar-refractivity contribution in [3.63, 3.8) is 0 Å². The molecular formula is C18H6F3N5. The highest BCUT2D eigenvalue weighted by molar-refractivity contribution is 6.13. The number of rotatable bonds is 0. The summed E-state index contributed by atoms with van der Waals surface area (Å²) in [6.07, 6.45) is -4.79. The Morgan fingerprint density at radius 2 is 1.38 bits per heavy atom. The molecule has 0 unspecified atom stereocenters. The minimum absolute atomic E-state index is 0.0763. The van der Waals surface area contributed by atoms with Crippen molar-refractivity contribution in [3.05, 3.63) is 53.5 Å². The zero-order valence-electron chi connectivity index (χ0n) is 12.8. The lowest BCUT2D eigenvalue weighted by molar-refractivity contribution is -0.140. The molecule has 4 aromatic rings. The smallest absolute Gasteiger partial charge is 0.359 e. The van der Waals surface area contributed by atoms with E-state index >= 15 is 0 Å². The quantitative estimate of drug-likeness (QED) is 0.377. The minimum Gasteiger partial charge on any atom is -0.359 e. The molecule has 0 atom stereocenters. The number of nitrogens with zero attached hydrogens (tertiary/aromatic N) is 5. The fourth-order valence-corrected chi connectivity index (χ4v) is 3.26. The lowest BCUT2D eigenvalue weighted by atomic mass is 10.0. The molecule has 1 aliphatic rings. The van der Waals surface area contributed by atoms with Gasteiger partial charge in [0.15, 0.2) is 5.69 Å². The third-order valence-corrected chi connectivity index (χ3v) is 4.29. The van der Waals surface area contributed by atoms with Gasteiger partial charge in [0.05, 0.1) is 0 Å². The van der Waals surface area contributed by atoms with Crippen LogP contribution >= 0.6 is 0 Å². The summed E-state index contributed by atoms with van der Waals surface area (Å²) in [4.78, 5) is 18.8. The van der Waals surface area contributed by atoms with Gasteiger partial charge >= 0.3 is 12.0 Å². The van der Waals surface area contributed by atoms with Crippen molar-refractivity contribution >= 4 is 27.9 Å². The van der Waals surface area contributed by atoms with E-state index in [0.717, 1.165) is 21.9 Å². The Bertz CT molecular complexity index is 1280. The lowest BCUT2D eigenvalue weighted by Crippen LogP contribution is -2.10. The first kappa shape index (κ1) is 14.7. The van der Waals surface area contributed by atoms with Crippen LogP contribution in [0.1, 0.15) is 5.69 Å². The van der Waals surface area contributed by atoms with Crippen molar-refractivity contribution in [2.45, 2.75) is 6.18 Å². The molecule has 1 aliphatic carbocycles. The molecule has 0 N–H and O–H groups in total. The maximum absolute atomic E-state index is 13.1. The molecule has 0 spiro atoms. The predicted octanol–water partition coefficient (Wildman–Crippen LogP) is 4.79. The maximum atomic E-state index is 13.1. The van der Waals surface area contributed by atoms with Crippen LogP contribution in [0.5, 0.6) is 0 Å². The molecule has 5 nitrogen and oxygen atoms in total. The molecule has 2 heterocycles. The van der Waals surface area contributed by atoms with Crippen LogP contribution in [0.2, 0.25) is 0 Å². The Kier molecular flexibility index (Phi) is 2.68. The van der Waals surface area contributed by atoms with Gasteiger partial charge in [0.2, 0.25) is 5.65 Å². The van der Waals surface area contributed by atoms with Crippen LogP contribution in [0.3, 0.4) is 0 Å². The summed E-state index contributed by atoms with van der Waals surface area (Å²) >= 11 is 0. The summed E-state index contributed by atoms with van der Waals surface area (Å²) in [6.45, 7) is 6.97. The van der Waals surface area contributed by atoms with Crippen LogP contribution in [-0.4, -0.2) is 19.9 Å². The molecule has 0 aliphatic heterocycles. The molecule has 26 heavy (non-hydrogen) atoms. The van der Waals surface area contributed by atoms with E-state index in [1.54, 1.807) is 0 Å². The molecule has 5 rings (SSSR count). The zero-order chi connectivity index (χ0) is 18.1. The third kappa shape index (κ3) is 1.85. The summed E-state index contributed by atoms with van der Waals surface area (Å²) in [7, 11) is 0. The molecule has 0 saturated carbocycles. The van der Waals surface area contributed by atoms with Gasteiger partial charge in [0.1, 0.15) is 11.4 Å². The van der Waals surface area contributed by atoms with E-state index in [4.69, 9.17) is 6.57 Å². The number of aromatic nitrogens is 4. The van der Waals surface area contributed by atoms with Crippen molar-refractivity contribution in [2.24, 2.45) is 0 Å². The van der Waals surface area contributed by atoms with Gasteiger partial charge in [-0.1, -0.05) is 48.0 Å². The predicted molar refractivity (Wildman–Crippen MR) is 88.3 cm³/mol. The first-order valence-electron chi connectivity index (χ1n) is 7.54. The standard InChI is InChI=1S/C18H6F3N5/c1-22-15-14(18(19,20)21)25-16-17(26-15)24-13-10-7-3-5-8-4-2-6-9(11(8)10)12(13)23-16/h2-7H. The van der Waals surface area contributed by atoms with Gasteiger partial charge in [0.25, 0.3) is 5.65 Å². The molecule has 2 aromatic heterocycles. The second-order valence-electron chi connectivity index (χ2n) is 5.78. The average Bonchev–Trinajstić information content (AvgIpc) is 2.94. The number of hydrogen-bond donors (Lipinski definition) is 0. The van der Waals surface area contributed by atoms with Crippen molar-refractivity contribution in [1.82, 2.24) is 19.9 Å². The topological polar surface area (TPSA) is 55.9 Å². The highest BCUT2D eigenvalue weighted by Gasteiger charge is 2.38. The van der Waals surface area contributed by atoms with E-state index in [9.17, 15) is 13.2 Å². The van der Waals surface area contributed by atoms with Crippen LogP contribution in [-0.2, 0) is 6.18 Å². The SMILES string of the molecule is [C-]#[N+]c1nc2nc3c(nc2nc1C(F)(F)F)-c1cccc2cccc-3c12. The summed E-state index contributed by atoms with van der Waals surface area (Å²) in [6, 6.07) is 11.4. The van der Waals surface area contributed by atoms with E-state index in [2.05, 4.69) is 24.8 Å². The van der Waals surface area contributed by atoms with E-state index in [-0.39, 0.29) is 11.3 Å². The van der Waals surface area contributed by atoms with Crippen molar-refractivity contribution in [1.29, 1.82) is 0 Å². The first-order valence-corrected chi connectivity index (χ1v) is 7.54. The van der Waals surface area contributed by atoms with E-state index in [1.165, 1.54) is 0 Å². The normalized spacial score (nSPS) is 12.4. The van der Waals surface area contributed by atoms with E-state index in [0.29, 0.717) is 11.4 Å². The van der Waals surface area contributed by atoms with Crippen LogP contribution < -0.4 is 0 Å². The Hall–Kier alpha value is -3.60. The summed E-state index contributed by atoms with van der Waals surface area (Å²) in [5.74, 6) is -0.826. The number of fused-ring (bicyclic) bond motifs is 4. The van der Waals surface area contributed by atoms with Crippen LogP contribution in [0.25, 0.3) is 49.4 Å². The largest absolute Gasteiger partial charge is 0.425 e. The molecule has 2 aromatic carbocycles. The third-order valence-electron chi connectivity index (χ3n) is 4.29. The summed E-state index contributed by atoms with van der Waals surface area (Å²) in [5, 5.41) is 1.93. The summed E-state index contributed by atoms with van der Waals surface area (Å²) < 4.78 is 39.4. The van der Waals surface area contributed by atoms with Crippen LogP contribution in [0, 0.1) is 6.57 Å². The Labute approximate surface area is 144 Å². The monoisotopic (exact) mass is 349 g/mol. The highest BCUT2D eigenvalue weighted by atomic mass is 19.4. The van der Waals surface area contributed by atoms with E-state index < -0.39 is 17.7 Å². The molecular weight excluding hydrogens is 343 g/mol. The van der Waals surface area contributed by atoms with Gasteiger partial charge in [-0.05, 0) is 5.39 Å². The number of halogens is 3. The minimum atomic E-state index is -4.79. The van der Waals surface area contributed by atoms with Gasteiger partial charge in [0, 0.05) is 16.5 Å². The van der Waals surface area contributed by atoms with Gasteiger partial charge in [-0.3, -0.25) is 0 Å². The van der Waals surface area contributed by atoms with Crippen molar-refractivity contribution in [3.8, 4) is 22.5 Å². The zero-order valence-corrected chi connectivity index (χ0v) is 12.8. The van der Waals surface area contributed by atoms with Gasteiger partial charge in [-0.2, -0.15) is 13.2 Å². The maximum Gasteiger partial charge on any atom is 0.425 e. The van der Waals surface area contributed by atoms with Crippen LogP contribution in [0.15, 0.2) is 36.4 Å². The average molecular weight is 349 g/mol. The number of benzene rings is 2. The summed E-state index contributed by atoms with van der Waals surface area (Å²) in [5.41, 5.74) is 1.00. The molecule has 8 heteroatoms. The second kappa shape index (κ2) is 4.73. The molecule has 0 fully saturated rings. The van der Waals surface area contributed by atoms with Crippen molar-refractivity contribution in [2.75, 3.05) is 0 Å². The van der Waals surface area contributed by atoms with Crippen LogP contribution in [0.4, 0.5) is 19.0 Å². The molecule has 0 radical (unpaired) electrons. The molecule has 0 amide bonds. The fraction of sp³-hybridized carbons (Fsp3) is 0.0556. The van der Waals surface area contributed by atoms with Gasteiger partial charge < -0.3 is 4.85 Å². The Balaban J connectivity index is 1.88. The molecule has 124 valence electrons. The lowest BCUT2D eigenvalue weighted by Gasteiger charge is -2.08. The number of hydrogen-bond acceptors (Lipinski definition) is 4.